The molecule has 0 amide bonds. The number of hydrogen-bond acceptors (Lipinski definition) is 7. The van der Waals surface area contributed by atoms with Crippen molar-refractivity contribution in [1.82, 2.24) is 13.3 Å². The molecule has 18 heavy (non-hydrogen) atoms. The van der Waals surface area contributed by atoms with Crippen LogP contribution in [0.1, 0.15) is 13.3 Å². The van der Waals surface area contributed by atoms with Crippen LogP contribution >= 0.6 is 35.8 Å². The quantitative estimate of drug-likeness (QED) is 0.513. The molecular formula is C11H23N3OS3. The molecule has 0 aromatic heterocycles. The molecule has 0 spiro atoms. The predicted octanol–water partition coefficient (Wildman–Crippen LogP) is 1.75. The van der Waals surface area contributed by atoms with Crippen LogP contribution in [0.3, 0.4) is 0 Å². The van der Waals surface area contributed by atoms with Crippen molar-refractivity contribution in [1.29, 1.82) is 0 Å². The number of hydrogen-bond donors (Lipinski definition) is 1. The molecule has 1 aliphatic heterocycles. The van der Waals surface area contributed by atoms with Crippen LogP contribution in [0.15, 0.2) is 0 Å². The van der Waals surface area contributed by atoms with Gasteiger partial charge in [0.15, 0.2) is 0 Å². The Hall–Kier alpha value is 0.600. The van der Waals surface area contributed by atoms with Crippen molar-refractivity contribution < 1.29 is 4.79 Å². The zero-order valence-electron chi connectivity index (χ0n) is 11.2. The molecule has 1 N–H and O–H groups in total. The van der Waals surface area contributed by atoms with Crippen LogP contribution in [-0.2, 0) is 4.79 Å². The highest BCUT2D eigenvalue weighted by atomic mass is 32.2. The Labute approximate surface area is 123 Å². The summed E-state index contributed by atoms with van der Waals surface area (Å²) in [5.41, 5.74) is 0. The lowest BCUT2D eigenvalue weighted by molar-refractivity contribution is -0.118. The fourth-order valence-electron chi connectivity index (χ4n) is 1.76. The molecule has 1 heterocycles. The fourth-order valence-corrected chi connectivity index (χ4v) is 3.99. The van der Waals surface area contributed by atoms with E-state index < -0.39 is 0 Å². The van der Waals surface area contributed by atoms with E-state index in [1.54, 1.807) is 30.8 Å². The fraction of sp³-hybridized carbons (Fsp3) is 0.909. The smallest absolute Gasteiger partial charge is 0.143 e. The summed E-state index contributed by atoms with van der Waals surface area (Å²) in [6, 6.07) is 0. The first kappa shape index (κ1) is 16.7. The zero-order valence-corrected chi connectivity index (χ0v) is 13.6. The Balaban J connectivity index is 1.97. The van der Waals surface area contributed by atoms with Gasteiger partial charge in [-0.25, -0.2) is 8.43 Å². The second kappa shape index (κ2) is 10.4. The number of rotatable bonds is 9. The second-order valence-electron chi connectivity index (χ2n) is 4.23. The average Bonchev–Trinajstić information content (AvgIpc) is 2.35. The van der Waals surface area contributed by atoms with E-state index in [-0.39, 0.29) is 5.78 Å². The van der Waals surface area contributed by atoms with E-state index in [0.717, 1.165) is 31.9 Å². The maximum atomic E-state index is 11.0. The number of ketones is 1. The standard InChI is InChI=1S/C11H23N3OS3/c1-11(15)10-13-4-6-14(7-5-13)18-9-3-8-17-12-16-2/h12H,3-10H2,1-2H3. The summed E-state index contributed by atoms with van der Waals surface area (Å²) < 4.78 is 5.62. The van der Waals surface area contributed by atoms with Crippen molar-refractivity contribution in [2.75, 3.05) is 50.5 Å². The third-order valence-corrected chi connectivity index (χ3v) is 5.42. The Morgan fingerprint density at radius 2 is 1.94 bits per heavy atom. The Bertz CT molecular complexity index is 236. The summed E-state index contributed by atoms with van der Waals surface area (Å²) in [6.45, 7) is 6.49. The summed E-state index contributed by atoms with van der Waals surface area (Å²) in [4.78, 5) is 13.3. The van der Waals surface area contributed by atoms with E-state index in [4.69, 9.17) is 0 Å². The van der Waals surface area contributed by atoms with Gasteiger partial charge in [0.25, 0.3) is 0 Å². The first-order valence-corrected chi connectivity index (χ1v) is 9.37. The van der Waals surface area contributed by atoms with E-state index in [9.17, 15) is 4.79 Å². The summed E-state index contributed by atoms with van der Waals surface area (Å²) in [7, 11) is 0. The van der Waals surface area contributed by atoms with Gasteiger partial charge in [-0.3, -0.25) is 9.69 Å². The third-order valence-electron chi connectivity index (χ3n) is 2.58. The lowest BCUT2D eigenvalue weighted by Crippen LogP contribution is -2.45. The molecule has 7 heteroatoms. The van der Waals surface area contributed by atoms with Gasteiger partial charge >= 0.3 is 0 Å². The van der Waals surface area contributed by atoms with E-state index >= 15 is 0 Å². The minimum absolute atomic E-state index is 0.273. The van der Waals surface area contributed by atoms with Gasteiger partial charge in [-0.15, -0.1) is 0 Å². The summed E-state index contributed by atoms with van der Waals surface area (Å²) in [6.07, 6.45) is 3.28. The van der Waals surface area contributed by atoms with Gasteiger partial charge in [0.05, 0.1) is 6.54 Å². The van der Waals surface area contributed by atoms with Crippen LogP contribution in [0.25, 0.3) is 0 Å². The average molecular weight is 310 g/mol. The summed E-state index contributed by atoms with van der Waals surface area (Å²) in [5.74, 6) is 2.63. The van der Waals surface area contributed by atoms with E-state index in [1.807, 2.05) is 18.2 Å². The van der Waals surface area contributed by atoms with Gasteiger partial charge in [0.1, 0.15) is 5.78 Å². The lowest BCUT2D eigenvalue weighted by Gasteiger charge is -2.33. The molecule has 0 aliphatic carbocycles. The highest BCUT2D eigenvalue weighted by Crippen LogP contribution is 2.15. The molecule has 0 atom stereocenters. The first-order valence-electron chi connectivity index (χ1n) is 6.22. The van der Waals surface area contributed by atoms with Crippen LogP contribution in [0, 0.1) is 0 Å². The maximum Gasteiger partial charge on any atom is 0.143 e. The van der Waals surface area contributed by atoms with Crippen molar-refractivity contribution in [3.05, 3.63) is 0 Å². The molecular weight excluding hydrogens is 286 g/mol. The minimum atomic E-state index is 0.273. The number of carbonyl (C=O) groups is 1. The zero-order chi connectivity index (χ0) is 13.2. The van der Waals surface area contributed by atoms with Crippen molar-refractivity contribution in [3.63, 3.8) is 0 Å². The van der Waals surface area contributed by atoms with Crippen LogP contribution in [0.4, 0.5) is 0 Å². The van der Waals surface area contributed by atoms with Crippen LogP contribution in [0.2, 0.25) is 0 Å². The number of Topliss-reactive ketones (excluding diaryl/α,β-unsaturated/α-hetero) is 1. The van der Waals surface area contributed by atoms with Gasteiger partial charge in [-0.05, 0) is 19.6 Å². The van der Waals surface area contributed by atoms with Crippen molar-refractivity contribution in [3.8, 4) is 0 Å². The van der Waals surface area contributed by atoms with Crippen LogP contribution in [0.5, 0.6) is 0 Å². The minimum Gasteiger partial charge on any atom is -0.299 e. The molecule has 4 nitrogen and oxygen atoms in total. The van der Waals surface area contributed by atoms with Gasteiger partial charge in [-0.1, -0.05) is 35.8 Å². The highest BCUT2D eigenvalue weighted by molar-refractivity contribution is 8.12. The molecule has 0 radical (unpaired) electrons. The summed E-state index contributed by atoms with van der Waals surface area (Å²) >= 11 is 5.39. The molecule has 0 saturated carbocycles. The van der Waals surface area contributed by atoms with Gasteiger partial charge < -0.3 is 0 Å². The number of carbonyl (C=O) groups excluding carboxylic acids is 1. The number of nitrogens with one attached hydrogen (secondary N) is 1. The van der Waals surface area contributed by atoms with Gasteiger partial charge in [0, 0.05) is 37.7 Å². The largest absolute Gasteiger partial charge is 0.299 e. The number of nitrogens with zero attached hydrogens (tertiary/aromatic N) is 2. The monoisotopic (exact) mass is 309 g/mol. The van der Waals surface area contributed by atoms with E-state index in [2.05, 4.69) is 13.3 Å². The molecule has 106 valence electrons. The van der Waals surface area contributed by atoms with Gasteiger partial charge in [-0.2, -0.15) is 0 Å². The molecule has 1 saturated heterocycles. The van der Waals surface area contributed by atoms with Crippen molar-refractivity contribution >= 4 is 41.6 Å². The van der Waals surface area contributed by atoms with Gasteiger partial charge in [0.2, 0.25) is 0 Å². The Morgan fingerprint density at radius 1 is 1.22 bits per heavy atom. The predicted molar refractivity (Wildman–Crippen MR) is 84.9 cm³/mol. The SMILES string of the molecule is CSNSCCCSN1CCN(CC(C)=O)CC1. The normalized spacial score (nSPS) is 18.1. The molecule has 0 aromatic rings. The van der Waals surface area contributed by atoms with Crippen LogP contribution in [-0.4, -0.2) is 65.5 Å². The van der Waals surface area contributed by atoms with Crippen LogP contribution < -0.4 is 4.13 Å². The lowest BCUT2D eigenvalue weighted by atomic mass is 10.3. The molecule has 1 fully saturated rings. The maximum absolute atomic E-state index is 11.0. The molecule has 1 aliphatic rings. The Morgan fingerprint density at radius 3 is 2.56 bits per heavy atom. The van der Waals surface area contributed by atoms with E-state index in [1.165, 1.54) is 12.2 Å². The topological polar surface area (TPSA) is 35.6 Å². The molecule has 0 bridgehead atoms. The molecule has 1 rings (SSSR count). The van der Waals surface area contributed by atoms with E-state index in [0.29, 0.717) is 6.54 Å². The second-order valence-corrected chi connectivity index (χ2v) is 7.18. The first-order chi connectivity index (χ1) is 8.72. The van der Waals surface area contributed by atoms with Crippen molar-refractivity contribution in [2.45, 2.75) is 13.3 Å². The summed E-state index contributed by atoms with van der Waals surface area (Å²) in [5, 5.41) is 0. The Kier molecular flexibility index (Phi) is 9.62. The molecule has 0 aromatic carbocycles. The highest BCUT2D eigenvalue weighted by Gasteiger charge is 2.17. The molecule has 0 unspecified atom stereocenters. The third kappa shape index (κ3) is 7.91. The number of piperazine rings is 1. The van der Waals surface area contributed by atoms with Crippen molar-refractivity contribution in [2.24, 2.45) is 0 Å².